The summed E-state index contributed by atoms with van der Waals surface area (Å²) in [6.07, 6.45) is 0. The number of carbonyl (C=O) groups excluding carboxylic acids is 1. The highest BCUT2D eigenvalue weighted by Gasteiger charge is 2.13. The van der Waals surface area contributed by atoms with Crippen LogP contribution in [0.4, 0.5) is 0 Å². The third-order valence-corrected chi connectivity index (χ3v) is 3.88. The number of hydrogen-bond donors (Lipinski definition) is 2. The van der Waals surface area contributed by atoms with Crippen molar-refractivity contribution in [2.45, 2.75) is 19.9 Å². The number of amides is 1. The van der Waals surface area contributed by atoms with E-state index >= 15 is 0 Å². The molecule has 0 bridgehead atoms. The van der Waals surface area contributed by atoms with Crippen molar-refractivity contribution in [1.29, 1.82) is 0 Å². The maximum Gasteiger partial charge on any atom is 0.234 e. The first kappa shape index (κ1) is 16.5. The summed E-state index contributed by atoms with van der Waals surface area (Å²) >= 11 is 0. The summed E-state index contributed by atoms with van der Waals surface area (Å²) in [5.41, 5.74) is 1.09. The topological polar surface area (TPSA) is 52.6 Å². The number of hydrogen-bond acceptors (Lipinski definition) is 3. The molecule has 118 valence electrons. The first-order chi connectivity index (χ1) is 10.6. The molecular formula is C18H24N2O2. The van der Waals surface area contributed by atoms with Crippen molar-refractivity contribution in [2.24, 2.45) is 0 Å². The first-order valence-electron chi connectivity index (χ1n) is 7.75. The molecule has 2 rings (SSSR count). The molecule has 0 aliphatic heterocycles. The van der Waals surface area contributed by atoms with E-state index in [4.69, 9.17) is 5.11 Å². The highest BCUT2D eigenvalue weighted by atomic mass is 16.3. The fourth-order valence-corrected chi connectivity index (χ4v) is 2.54. The highest BCUT2D eigenvalue weighted by molar-refractivity contribution is 5.83. The Labute approximate surface area is 131 Å². The molecule has 0 aromatic heterocycles. The summed E-state index contributed by atoms with van der Waals surface area (Å²) in [7, 11) is 0. The Kier molecular flexibility index (Phi) is 5.92. The van der Waals surface area contributed by atoms with Gasteiger partial charge in [0.1, 0.15) is 0 Å². The van der Waals surface area contributed by atoms with E-state index in [0.29, 0.717) is 13.1 Å². The SMILES string of the molecule is CCN(CCO)CC(=O)NC(C)c1ccc2ccccc2c1. The van der Waals surface area contributed by atoms with Gasteiger partial charge < -0.3 is 10.4 Å². The van der Waals surface area contributed by atoms with E-state index in [9.17, 15) is 4.79 Å². The van der Waals surface area contributed by atoms with Gasteiger partial charge in [0, 0.05) is 6.54 Å². The van der Waals surface area contributed by atoms with Crippen molar-refractivity contribution >= 4 is 16.7 Å². The van der Waals surface area contributed by atoms with E-state index in [1.54, 1.807) is 0 Å². The van der Waals surface area contributed by atoms with Gasteiger partial charge in [0.25, 0.3) is 0 Å². The van der Waals surface area contributed by atoms with E-state index in [1.165, 1.54) is 10.8 Å². The minimum atomic E-state index is -0.0371. The lowest BCUT2D eigenvalue weighted by atomic mass is 10.0. The Bertz CT molecular complexity index is 627. The van der Waals surface area contributed by atoms with Gasteiger partial charge in [-0.1, -0.05) is 43.3 Å². The molecule has 0 aliphatic carbocycles. The lowest BCUT2D eigenvalue weighted by Crippen LogP contribution is -2.39. The molecule has 2 N–H and O–H groups in total. The number of benzene rings is 2. The first-order valence-corrected chi connectivity index (χ1v) is 7.75. The number of aliphatic hydroxyl groups is 1. The van der Waals surface area contributed by atoms with Crippen LogP contribution in [0, 0.1) is 0 Å². The molecule has 4 heteroatoms. The fourth-order valence-electron chi connectivity index (χ4n) is 2.54. The molecule has 0 saturated heterocycles. The standard InChI is InChI=1S/C18H24N2O2/c1-3-20(10-11-21)13-18(22)19-14(2)16-9-8-15-6-4-5-7-17(15)12-16/h4-9,12,14,21H,3,10-11,13H2,1-2H3,(H,19,22). The monoisotopic (exact) mass is 300 g/mol. The molecule has 1 amide bonds. The number of nitrogens with one attached hydrogen (secondary N) is 1. The Morgan fingerprint density at radius 1 is 1.23 bits per heavy atom. The van der Waals surface area contributed by atoms with E-state index in [1.807, 2.05) is 30.9 Å². The largest absolute Gasteiger partial charge is 0.395 e. The van der Waals surface area contributed by atoms with E-state index < -0.39 is 0 Å². The van der Waals surface area contributed by atoms with E-state index in [-0.39, 0.29) is 18.6 Å². The fraction of sp³-hybridized carbons (Fsp3) is 0.389. The third kappa shape index (κ3) is 4.29. The normalized spacial score (nSPS) is 12.5. The zero-order valence-electron chi connectivity index (χ0n) is 13.2. The minimum absolute atomic E-state index is 0.0176. The maximum atomic E-state index is 12.1. The Balaban J connectivity index is 2.00. The molecule has 2 aromatic rings. The molecule has 0 spiro atoms. The van der Waals surface area contributed by atoms with Crippen LogP contribution in [0.2, 0.25) is 0 Å². The minimum Gasteiger partial charge on any atom is -0.395 e. The molecule has 0 radical (unpaired) electrons. The molecule has 1 atom stereocenters. The summed E-state index contributed by atoms with van der Waals surface area (Å²) in [6.45, 7) is 5.63. The van der Waals surface area contributed by atoms with Gasteiger partial charge in [0.2, 0.25) is 5.91 Å². The second-order valence-corrected chi connectivity index (χ2v) is 5.49. The van der Waals surface area contributed by atoms with Gasteiger partial charge in [0.05, 0.1) is 19.2 Å². The molecule has 1 unspecified atom stereocenters. The molecule has 0 fully saturated rings. The van der Waals surface area contributed by atoms with Gasteiger partial charge in [-0.15, -0.1) is 0 Å². The molecule has 4 nitrogen and oxygen atoms in total. The van der Waals surface area contributed by atoms with Crippen LogP contribution in [-0.4, -0.2) is 42.2 Å². The zero-order chi connectivity index (χ0) is 15.9. The number of rotatable bonds is 7. The number of likely N-dealkylation sites (N-methyl/N-ethyl adjacent to an activating group) is 1. The van der Waals surface area contributed by atoms with Gasteiger partial charge in [0.15, 0.2) is 0 Å². The van der Waals surface area contributed by atoms with E-state index in [2.05, 4.69) is 35.6 Å². The van der Waals surface area contributed by atoms with Gasteiger partial charge in [-0.05, 0) is 35.9 Å². The molecular weight excluding hydrogens is 276 g/mol. The van der Waals surface area contributed by atoms with Crippen molar-refractivity contribution in [3.8, 4) is 0 Å². The van der Waals surface area contributed by atoms with Gasteiger partial charge in [-0.3, -0.25) is 9.69 Å². The molecule has 0 aliphatic rings. The van der Waals surface area contributed by atoms with E-state index in [0.717, 1.165) is 12.1 Å². The lowest BCUT2D eigenvalue weighted by molar-refractivity contribution is -0.122. The van der Waals surface area contributed by atoms with Crippen molar-refractivity contribution in [3.63, 3.8) is 0 Å². The van der Waals surface area contributed by atoms with Crippen LogP contribution in [0.3, 0.4) is 0 Å². The van der Waals surface area contributed by atoms with Crippen LogP contribution in [-0.2, 0) is 4.79 Å². The summed E-state index contributed by atoms with van der Waals surface area (Å²) in [4.78, 5) is 14.0. The average Bonchev–Trinajstić information content (AvgIpc) is 2.53. The highest BCUT2D eigenvalue weighted by Crippen LogP contribution is 2.20. The van der Waals surface area contributed by atoms with Crippen LogP contribution in [0.1, 0.15) is 25.5 Å². The van der Waals surface area contributed by atoms with Crippen LogP contribution in [0.25, 0.3) is 10.8 Å². The quantitative estimate of drug-likeness (QED) is 0.825. The molecule has 2 aromatic carbocycles. The predicted molar refractivity (Wildman–Crippen MR) is 89.7 cm³/mol. The second-order valence-electron chi connectivity index (χ2n) is 5.49. The maximum absolute atomic E-state index is 12.1. The third-order valence-electron chi connectivity index (χ3n) is 3.88. The smallest absolute Gasteiger partial charge is 0.234 e. The zero-order valence-corrected chi connectivity index (χ0v) is 13.2. The summed E-state index contributed by atoms with van der Waals surface area (Å²) in [6, 6.07) is 14.4. The number of carbonyl (C=O) groups is 1. The lowest BCUT2D eigenvalue weighted by Gasteiger charge is -2.21. The average molecular weight is 300 g/mol. The Morgan fingerprint density at radius 2 is 1.95 bits per heavy atom. The number of aliphatic hydroxyl groups excluding tert-OH is 1. The van der Waals surface area contributed by atoms with Crippen LogP contribution < -0.4 is 5.32 Å². The summed E-state index contributed by atoms with van der Waals surface area (Å²) in [5.74, 6) is -0.0176. The van der Waals surface area contributed by atoms with Gasteiger partial charge in [-0.2, -0.15) is 0 Å². The van der Waals surface area contributed by atoms with Crippen LogP contribution in [0.15, 0.2) is 42.5 Å². The van der Waals surface area contributed by atoms with Crippen molar-refractivity contribution < 1.29 is 9.90 Å². The second kappa shape index (κ2) is 7.92. The van der Waals surface area contributed by atoms with Gasteiger partial charge in [-0.25, -0.2) is 0 Å². The van der Waals surface area contributed by atoms with Crippen LogP contribution in [0.5, 0.6) is 0 Å². The summed E-state index contributed by atoms with van der Waals surface area (Å²) < 4.78 is 0. The Morgan fingerprint density at radius 3 is 2.64 bits per heavy atom. The van der Waals surface area contributed by atoms with Crippen molar-refractivity contribution in [2.75, 3.05) is 26.2 Å². The predicted octanol–water partition coefficient (Wildman–Crippen LogP) is 2.33. The van der Waals surface area contributed by atoms with Gasteiger partial charge >= 0.3 is 0 Å². The summed E-state index contributed by atoms with van der Waals surface area (Å²) in [5, 5.41) is 14.4. The number of fused-ring (bicyclic) bond motifs is 1. The van der Waals surface area contributed by atoms with Crippen molar-refractivity contribution in [3.05, 3.63) is 48.0 Å². The molecule has 0 heterocycles. The molecule has 22 heavy (non-hydrogen) atoms. The van der Waals surface area contributed by atoms with Crippen molar-refractivity contribution in [1.82, 2.24) is 10.2 Å². The number of nitrogens with zero attached hydrogens (tertiary/aromatic N) is 1. The molecule has 0 saturated carbocycles. The Hall–Kier alpha value is -1.91. The van der Waals surface area contributed by atoms with Crippen LogP contribution >= 0.6 is 0 Å².